The van der Waals surface area contributed by atoms with E-state index in [1.165, 1.54) is 0 Å². The fraction of sp³-hybridized carbons (Fsp3) is 0.533. The average molecular weight is 326 g/mol. The van der Waals surface area contributed by atoms with Gasteiger partial charge in [0.05, 0.1) is 11.5 Å². The van der Waals surface area contributed by atoms with Crippen LogP contribution in [0.25, 0.3) is 0 Å². The van der Waals surface area contributed by atoms with E-state index in [1.807, 2.05) is 6.92 Å². The lowest BCUT2D eigenvalue weighted by molar-refractivity contribution is 0.148. The van der Waals surface area contributed by atoms with Crippen LogP contribution in [-0.2, 0) is 14.3 Å². The molecule has 0 bridgehead atoms. The second kappa shape index (κ2) is 7.11. The van der Waals surface area contributed by atoms with Gasteiger partial charge in [-0.05, 0) is 37.8 Å². The number of piperidine rings is 1. The predicted molar refractivity (Wildman–Crippen MR) is 83.1 cm³/mol. The lowest BCUT2D eigenvalue weighted by Gasteiger charge is -2.31. The number of nitrogens with one attached hydrogen (secondary N) is 1. The van der Waals surface area contributed by atoms with Gasteiger partial charge in [-0.15, -0.1) is 0 Å². The second-order valence-electron chi connectivity index (χ2n) is 5.54. The molecule has 1 aromatic rings. The molecule has 1 N–H and O–H groups in total. The third-order valence-corrected chi connectivity index (χ3v) is 5.18. The summed E-state index contributed by atoms with van der Waals surface area (Å²) in [4.78, 5) is 13.4. The minimum atomic E-state index is -3.70. The van der Waals surface area contributed by atoms with Crippen molar-refractivity contribution in [1.29, 1.82) is 0 Å². The summed E-state index contributed by atoms with van der Waals surface area (Å²) in [5.41, 5.74) is 1.00. The third kappa shape index (κ3) is 4.20. The maximum atomic E-state index is 12.1. The minimum Gasteiger partial charge on any atom is -0.341 e. The Morgan fingerprint density at radius 2 is 1.86 bits per heavy atom. The van der Waals surface area contributed by atoms with Crippen molar-refractivity contribution in [3.8, 4) is 0 Å². The molecule has 1 saturated heterocycles. The molecule has 7 heteroatoms. The zero-order chi connectivity index (χ0) is 16.2. The number of hydrogen-bond acceptors (Lipinski definition) is 4. The van der Waals surface area contributed by atoms with Crippen LogP contribution in [-0.4, -0.2) is 46.1 Å². The first-order valence-electron chi connectivity index (χ1n) is 7.35. The molecule has 22 heavy (non-hydrogen) atoms. The molecule has 0 atom stereocenters. The fourth-order valence-electron chi connectivity index (χ4n) is 2.42. The molecule has 1 aliphatic heterocycles. The summed E-state index contributed by atoms with van der Waals surface area (Å²) in [5, 5.41) is 2.59. The number of aryl methyl sites for hydroxylation is 1. The first-order valence-corrected chi connectivity index (χ1v) is 8.76. The summed E-state index contributed by atoms with van der Waals surface area (Å²) in [5.74, 6) is 0.154. The van der Waals surface area contributed by atoms with Crippen LogP contribution in [0, 0.1) is 12.8 Å². The molecule has 2 amide bonds. The quantitative estimate of drug-likeness (QED) is 0.855. The van der Waals surface area contributed by atoms with Crippen molar-refractivity contribution in [2.24, 2.45) is 5.92 Å². The third-order valence-electron chi connectivity index (χ3n) is 3.88. The van der Waals surface area contributed by atoms with Crippen molar-refractivity contribution in [1.82, 2.24) is 10.2 Å². The molecular formula is C15H22N2O4S. The zero-order valence-electron chi connectivity index (χ0n) is 12.9. The molecule has 0 radical (unpaired) electrons. The van der Waals surface area contributed by atoms with E-state index < -0.39 is 10.1 Å². The van der Waals surface area contributed by atoms with E-state index in [0.29, 0.717) is 13.1 Å². The minimum absolute atomic E-state index is 0.0911. The molecule has 6 nitrogen and oxygen atoms in total. The smallest absolute Gasteiger partial charge is 0.317 e. The highest BCUT2D eigenvalue weighted by molar-refractivity contribution is 7.86. The zero-order valence-corrected chi connectivity index (χ0v) is 13.7. The molecule has 1 heterocycles. The van der Waals surface area contributed by atoms with Gasteiger partial charge in [-0.1, -0.05) is 17.7 Å². The summed E-state index contributed by atoms with van der Waals surface area (Å²) >= 11 is 0. The fourth-order valence-corrected chi connectivity index (χ4v) is 3.40. The molecule has 1 aromatic carbocycles. The number of urea groups is 1. The number of hydrogen-bond donors (Lipinski definition) is 1. The van der Waals surface area contributed by atoms with Crippen LogP contribution in [0.3, 0.4) is 0 Å². The SMILES string of the molecule is CNC(=O)N1CCC(COS(=O)(=O)c2ccc(C)cc2)CC1. The van der Waals surface area contributed by atoms with Gasteiger partial charge >= 0.3 is 6.03 Å². The van der Waals surface area contributed by atoms with E-state index in [4.69, 9.17) is 4.18 Å². The van der Waals surface area contributed by atoms with E-state index in [-0.39, 0.29) is 23.5 Å². The molecule has 0 aliphatic carbocycles. The van der Waals surface area contributed by atoms with Crippen LogP contribution in [0.5, 0.6) is 0 Å². The Bertz CT molecular complexity index is 605. The van der Waals surface area contributed by atoms with Crippen LogP contribution >= 0.6 is 0 Å². The Hall–Kier alpha value is -1.60. The van der Waals surface area contributed by atoms with Gasteiger partial charge < -0.3 is 10.2 Å². The van der Waals surface area contributed by atoms with Gasteiger partial charge in [0.1, 0.15) is 0 Å². The lowest BCUT2D eigenvalue weighted by atomic mass is 9.98. The summed E-state index contributed by atoms with van der Waals surface area (Å²) in [6, 6.07) is 6.51. The van der Waals surface area contributed by atoms with E-state index >= 15 is 0 Å². The Kier molecular flexibility index (Phi) is 5.42. The van der Waals surface area contributed by atoms with Crippen LogP contribution in [0.4, 0.5) is 4.79 Å². The van der Waals surface area contributed by atoms with Crippen molar-refractivity contribution in [3.05, 3.63) is 29.8 Å². The van der Waals surface area contributed by atoms with Crippen molar-refractivity contribution >= 4 is 16.1 Å². The normalized spacial score (nSPS) is 16.5. The molecule has 1 fully saturated rings. The second-order valence-corrected chi connectivity index (χ2v) is 7.15. The molecule has 2 rings (SSSR count). The van der Waals surface area contributed by atoms with Crippen LogP contribution in [0.15, 0.2) is 29.2 Å². The number of likely N-dealkylation sites (tertiary alicyclic amines) is 1. The molecule has 1 aliphatic rings. The molecular weight excluding hydrogens is 304 g/mol. The number of amides is 2. The molecule has 0 saturated carbocycles. The van der Waals surface area contributed by atoms with Crippen molar-refractivity contribution in [2.45, 2.75) is 24.7 Å². The topological polar surface area (TPSA) is 75.7 Å². The van der Waals surface area contributed by atoms with Crippen molar-refractivity contribution in [3.63, 3.8) is 0 Å². The van der Waals surface area contributed by atoms with Gasteiger partial charge in [-0.2, -0.15) is 8.42 Å². The van der Waals surface area contributed by atoms with Gasteiger partial charge in [0.25, 0.3) is 10.1 Å². The van der Waals surface area contributed by atoms with Crippen LogP contribution < -0.4 is 5.32 Å². The summed E-state index contributed by atoms with van der Waals surface area (Å²) in [7, 11) is -2.10. The largest absolute Gasteiger partial charge is 0.341 e. The Balaban J connectivity index is 1.86. The number of rotatable bonds is 4. The lowest BCUT2D eigenvalue weighted by Crippen LogP contribution is -2.43. The van der Waals surface area contributed by atoms with E-state index in [9.17, 15) is 13.2 Å². The van der Waals surface area contributed by atoms with Crippen molar-refractivity contribution < 1.29 is 17.4 Å². The monoisotopic (exact) mass is 326 g/mol. The molecule has 0 unspecified atom stereocenters. The van der Waals surface area contributed by atoms with Gasteiger partial charge in [0, 0.05) is 20.1 Å². The maximum absolute atomic E-state index is 12.1. The number of carbonyl (C=O) groups excluding carboxylic acids is 1. The Labute approximate surface area is 131 Å². The standard InChI is InChI=1S/C15H22N2O4S/c1-12-3-5-14(6-4-12)22(19,20)21-11-13-7-9-17(10-8-13)15(18)16-2/h3-6,13H,7-11H2,1-2H3,(H,16,18). The number of carbonyl (C=O) groups is 1. The van der Waals surface area contributed by atoms with Gasteiger partial charge in [-0.25, -0.2) is 4.79 Å². The van der Waals surface area contributed by atoms with E-state index in [1.54, 1.807) is 36.2 Å². The van der Waals surface area contributed by atoms with E-state index in [0.717, 1.165) is 18.4 Å². The first kappa shape index (κ1) is 16.8. The molecule has 122 valence electrons. The van der Waals surface area contributed by atoms with Crippen molar-refractivity contribution in [2.75, 3.05) is 26.7 Å². The number of nitrogens with zero attached hydrogens (tertiary/aromatic N) is 1. The summed E-state index contributed by atoms with van der Waals surface area (Å²) < 4.78 is 29.4. The van der Waals surface area contributed by atoms with Gasteiger partial charge in [0.15, 0.2) is 0 Å². The number of benzene rings is 1. The molecule has 0 spiro atoms. The summed E-state index contributed by atoms with van der Waals surface area (Å²) in [6.45, 7) is 3.31. The Morgan fingerprint density at radius 3 is 2.41 bits per heavy atom. The maximum Gasteiger partial charge on any atom is 0.317 e. The van der Waals surface area contributed by atoms with Crippen LogP contribution in [0.2, 0.25) is 0 Å². The molecule has 0 aromatic heterocycles. The van der Waals surface area contributed by atoms with Gasteiger partial charge in [0.2, 0.25) is 0 Å². The van der Waals surface area contributed by atoms with Crippen LogP contribution in [0.1, 0.15) is 18.4 Å². The van der Waals surface area contributed by atoms with Gasteiger partial charge in [-0.3, -0.25) is 4.18 Å². The highest BCUT2D eigenvalue weighted by Gasteiger charge is 2.24. The Morgan fingerprint density at radius 1 is 1.27 bits per heavy atom. The predicted octanol–water partition coefficient (Wildman–Crippen LogP) is 1.75. The highest BCUT2D eigenvalue weighted by atomic mass is 32.2. The van der Waals surface area contributed by atoms with E-state index in [2.05, 4.69) is 5.32 Å². The highest BCUT2D eigenvalue weighted by Crippen LogP contribution is 2.20. The first-order chi connectivity index (χ1) is 10.4. The average Bonchev–Trinajstić information content (AvgIpc) is 2.53. The summed E-state index contributed by atoms with van der Waals surface area (Å²) in [6.07, 6.45) is 1.49.